The number of halogens is 1. The molecule has 1 fully saturated rings. The second-order valence-corrected chi connectivity index (χ2v) is 6.63. The van der Waals surface area contributed by atoms with E-state index in [1.807, 2.05) is 11.8 Å². The molecule has 2 nitrogen and oxygen atoms in total. The molecule has 1 saturated carbocycles. The first-order chi connectivity index (χ1) is 7.75. The van der Waals surface area contributed by atoms with Gasteiger partial charge in [-0.2, -0.15) is 11.8 Å². The highest BCUT2D eigenvalue weighted by Gasteiger charge is 2.13. The molecular weight excluding hydrogens is 304 g/mol. The van der Waals surface area contributed by atoms with Gasteiger partial charge in [0.1, 0.15) is 10.5 Å². The number of thioether (sulfide) groups is 1. The third kappa shape index (κ3) is 3.57. The van der Waals surface area contributed by atoms with Crippen LogP contribution in [0.15, 0.2) is 10.7 Å². The summed E-state index contributed by atoms with van der Waals surface area (Å²) in [7, 11) is 0. The van der Waals surface area contributed by atoms with E-state index in [0.717, 1.165) is 25.9 Å². The maximum Gasteiger partial charge on any atom is 0.120 e. The standard InChI is InChI=1S/C11H15BrN2S2/c12-9-6-13-10(14-11(9)15)7-16-8-4-2-1-3-5-8/h6,8H,1-5,7H2,(H,13,14,15). The Balaban J connectivity index is 1.88. The first-order valence-electron chi connectivity index (χ1n) is 5.61. The predicted molar refractivity (Wildman–Crippen MR) is 75.3 cm³/mol. The number of hydrogen-bond donors (Lipinski definition) is 1. The van der Waals surface area contributed by atoms with Crippen molar-refractivity contribution in [3.8, 4) is 0 Å². The first-order valence-corrected chi connectivity index (χ1v) is 7.86. The fraction of sp³-hybridized carbons (Fsp3) is 0.636. The second kappa shape index (κ2) is 6.17. The Bertz CT molecular complexity index is 399. The molecule has 5 heteroatoms. The van der Waals surface area contributed by atoms with Gasteiger partial charge in [-0.1, -0.05) is 31.5 Å². The number of nitrogens with one attached hydrogen (secondary N) is 1. The van der Waals surface area contributed by atoms with Crippen LogP contribution in [0.5, 0.6) is 0 Å². The van der Waals surface area contributed by atoms with Crippen LogP contribution in [0.1, 0.15) is 37.9 Å². The van der Waals surface area contributed by atoms with Crippen molar-refractivity contribution in [2.75, 3.05) is 0 Å². The molecule has 2 rings (SSSR count). The fourth-order valence-corrected chi connectivity index (χ4v) is 3.50. The second-order valence-electron chi connectivity index (χ2n) is 4.08. The normalized spacial score (nSPS) is 17.6. The van der Waals surface area contributed by atoms with E-state index in [9.17, 15) is 0 Å². The molecule has 1 aromatic heterocycles. The summed E-state index contributed by atoms with van der Waals surface area (Å²) in [5.74, 6) is 1.94. The number of aromatic amines is 1. The van der Waals surface area contributed by atoms with Gasteiger partial charge in [-0.05, 0) is 28.8 Å². The Kier molecular flexibility index (Phi) is 4.85. The van der Waals surface area contributed by atoms with Gasteiger partial charge >= 0.3 is 0 Å². The van der Waals surface area contributed by atoms with Gasteiger partial charge in [0.2, 0.25) is 0 Å². The lowest BCUT2D eigenvalue weighted by atomic mass is 10.0. The third-order valence-corrected chi connectivity index (χ3v) is 5.39. The zero-order valence-electron chi connectivity index (χ0n) is 9.04. The first kappa shape index (κ1) is 12.6. The molecule has 0 saturated heterocycles. The van der Waals surface area contributed by atoms with Crippen molar-refractivity contribution >= 4 is 39.9 Å². The van der Waals surface area contributed by atoms with Crippen molar-refractivity contribution in [3.63, 3.8) is 0 Å². The van der Waals surface area contributed by atoms with Crippen molar-refractivity contribution in [2.45, 2.75) is 43.1 Å². The van der Waals surface area contributed by atoms with E-state index in [1.165, 1.54) is 32.1 Å². The summed E-state index contributed by atoms with van der Waals surface area (Å²) < 4.78 is 1.61. The van der Waals surface area contributed by atoms with Crippen molar-refractivity contribution in [3.05, 3.63) is 21.1 Å². The molecule has 0 radical (unpaired) electrons. The maximum absolute atomic E-state index is 5.16. The van der Waals surface area contributed by atoms with Crippen LogP contribution in [0.2, 0.25) is 0 Å². The van der Waals surface area contributed by atoms with E-state index in [0.29, 0.717) is 0 Å². The van der Waals surface area contributed by atoms with Crippen LogP contribution >= 0.6 is 39.9 Å². The lowest BCUT2D eigenvalue weighted by Gasteiger charge is -2.20. The monoisotopic (exact) mass is 318 g/mol. The Morgan fingerprint density at radius 2 is 2.19 bits per heavy atom. The number of rotatable bonds is 3. The number of nitrogens with zero attached hydrogens (tertiary/aromatic N) is 1. The average molecular weight is 319 g/mol. The van der Waals surface area contributed by atoms with Crippen LogP contribution in [0.4, 0.5) is 0 Å². The van der Waals surface area contributed by atoms with E-state index in [1.54, 1.807) is 6.20 Å². The molecule has 1 aromatic rings. The topological polar surface area (TPSA) is 28.7 Å². The molecule has 0 bridgehead atoms. The zero-order valence-corrected chi connectivity index (χ0v) is 12.3. The smallest absolute Gasteiger partial charge is 0.120 e. The van der Waals surface area contributed by atoms with E-state index in [4.69, 9.17) is 12.2 Å². The molecule has 0 atom stereocenters. The van der Waals surface area contributed by atoms with Gasteiger partial charge in [0.05, 0.1) is 10.2 Å². The van der Waals surface area contributed by atoms with Gasteiger partial charge in [-0.15, -0.1) is 0 Å². The molecule has 0 amide bonds. The summed E-state index contributed by atoms with van der Waals surface area (Å²) in [5.41, 5.74) is 0. The van der Waals surface area contributed by atoms with Crippen molar-refractivity contribution in [1.82, 2.24) is 9.97 Å². The molecule has 1 aliphatic carbocycles. The quantitative estimate of drug-likeness (QED) is 0.834. The minimum atomic E-state index is 0.745. The van der Waals surface area contributed by atoms with Crippen molar-refractivity contribution in [1.29, 1.82) is 0 Å². The Morgan fingerprint density at radius 1 is 1.44 bits per heavy atom. The van der Waals surface area contributed by atoms with Crippen LogP contribution in [0, 0.1) is 4.64 Å². The Labute approximate surface area is 114 Å². The van der Waals surface area contributed by atoms with Crippen molar-refractivity contribution < 1.29 is 0 Å². The lowest BCUT2D eigenvalue weighted by molar-refractivity contribution is 0.516. The highest BCUT2D eigenvalue weighted by atomic mass is 79.9. The van der Waals surface area contributed by atoms with Gasteiger partial charge in [0.25, 0.3) is 0 Å². The molecule has 0 aromatic carbocycles. The molecule has 16 heavy (non-hydrogen) atoms. The molecule has 0 spiro atoms. The lowest BCUT2D eigenvalue weighted by Crippen LogP contribution is -2.08. The van der Waals surface area contributed by atoms with E-state index < -0.39 is 0 Å². The summed E-state index contributed by atoms with van der Waals surface area (Å²) in [6.45, 7) is 0. The average Bonchev–Trinajstić information content (AvgIpc) is 2.32. The van der Waals surface area contributed by atoms with Crippen molar-refractivity contribution in [2.24, 2.45) is 0 Å². The molecule has 0 unspecified atom stereocenters. The predicted octanol–water partition coefficient (Wildman–Crippen LogP) is 4.47. The van der Waals surface area contributed by atoms with Gasteiger partial charge in [0, 0.05) is 11.4 Å². The SMILES string of the molecule is S=c1[nH]c(CSC2CCCCC2)ncc1Br. The summed E-state index contributed by atoms with van der Waals surface area (Å²) in [4.78, 5) is 7.48. The summed E-state index contributed by atoms with van der Waals surface area (Å²) in [5, 5.41) is 0.821. The largest absolute Gasteiger partial charge is 0.333 e. The van der Waals surface area contributed by atoms with Crippen LogP contribution in [-0.2, 0) is 5.75 Å². The number of hydrogen-bond acceptors (Lipinski definition) is 3. The van der Waals surface area contributed by atoms with E-state index in [-0.39, 0.29) is 0 Å². The highest BCUT2D eigenvalue weighted by molar-refractivity contribution is 9.10. The minimum Gasteiger partial charge on any atom is -0.333 e. The van der Waals surface area contributed by atoms with Gasteiger partial charge in [-0.25, -0.2) is 4.98 Å². The molecule has 0 aliphatic heterocycles. The van der Waals surface area contributed by atoms with Crippen LogP contribution in [-0.4, -0.2) is 15.2 Å². The molecular formula is C11H15BrN2S2. The van der Waals surface area contributed by atoms with E-state index >= 15 is 0 Å². The molecule has 1 N–H and O–H groups in total. The number of H-pyrrole nitrogens is 1. The molecule has 1 heterocycles. The fourth-order valence-electron chi connectivity index (χ4n) is 1.92. The zero-order chi connectivity index (χ0) is 11.4. The highest BCUT2D eigenvalue weighted by Crippen LogP contribution is 2.29. The maximum atomic E-state index is 5.16. The van der Waals surface area contributed by atoms with Gasteiger partial charge < -0.3 is 4.98 Å². The number of aromatic nitrogens is 2. The Hall–Kier alpha value is 0.130. The van der Waals surface area contributed by atoms with E-state index in [2.05, 4.69) is 25.9 Å². The van der Waals surface area contributed by atoms with Gasteiger partial charge in [-0.3, -0.25) is 0 Å². The van der Waals surface area contributed by atoms with Crippen LogP contribution in [0.3, 0.4) is 0 Å². The molecule has 88 valence electrons. The summed E-state index contributed by atoms with van der Waals surface area (Å²) in [6, 6.07) is 0. The van der Waals surface area contributed by atoms with Crippen LogP contribution < -0.4 is 0 Å². The minimum absolute atomic E-state index is 0.745. The van der Waals surface area contributed by atoms with Gasteiger partial charge in [0.15, 0.2) is 0 Å². The summed E-state index contributed by atoms with van der Waals surface area (Å²) >= 11 is 10.5. The molecule has 1 aliphatic rings. The third-order valence-electron chi connectivity index (χ3n) is 2.82. The summed E-state index contributed by atoms with van der Waals surface area (Å²) in [6.07, 6.45) is 8.71. The Morgan fingerprint density at radius 3 is 2.88 bits per heavy atom. The van der Waals surface area contributed by atoms with Crippen LogP contribution in [0.25, 0.3) is 0 Å².